The third-order valence-corrected chi connectivity index (χ3v) is 3.89. The van der Waals surface area contributed by atoms with Crippen molar-refractivity contribution in [2.45, 2.75) is 32.6 Å². The topological polar surface area (TPSA) is 50.9 Å². The summed E-state index contributed by atoms with van der Waals surface area (Å²) in [6.45, 7) is 5.33. The molecule has 1 aliphatic rings. The molecule has 1 heterocycles. The third kappa shape index (κ3) is 4.81. The Bertz CT molecular complexity index is 484. The SMILES string of the molecule is CCOc1ccc(Cl)cc1CCN=C(N)N1CCCCC1. The van der Waals surface area contributed by atoms with Crippen LogP contribution < -0.4 is 10.5 Å². The van der Waals surface area contributed by atoms with E-state index in [1.54, 1.807) is 0 Å². The van der Waals surface area contributed by atoms with E-state index in [2.05, 4.69) is 9.89 Å². The van der Waals surface area contributed by atoms with E-state index in [4.69, 9.17) is 22.1 Å². The van der Waals surface area contributed by atoms with E-state index in [1.807, 2.05) is 25.1 Å². The number of halogens is 1. The van der Waals surface area contributed by atoms with Crippen LogP contribution in [-0.2, 0) is 6.42 Å². The Kier molecular flexibility index (Phi) is 6.18. The molecular weight excluding hydrogens is 286 g/mol. The number of benzene rings is 1. The van der Waals surface area contributed by atoms with Crippen molar-refractivity contribution in [3.8, 4) is 5.75 Å². The van der Waals surface area contributed by atoms with Gasteiger partial charge in [-0.1, -0.05) is 11.6 Å². The summed E-state index contributed by atoms with van der Waals surface area (Å²) in [5.74, 6) is 1.54. The molecule has 21 heavy (non-hydrogen) atoms. The molecule has 5 heteroatoms. The molecule has 2 N–H and O–H groups in total. The molecule has 1 aromatic rings. The highest BCUT2D eigenvalue weighted by molar-refractivity contribution is 6.30. The lowest BCUT2D eigenvalue weighted by Gasteiger charge is -2.27. The fourth-order valence-electron chi connectivity index (χ4n) is 2.55. The molecule has 1 aromatic carbocycles. The zero-order chi connectivity index (χ0) is 15.1. The minimum absolute atomic E-state index is 0.647. The molecule has 0 amide bonds. The first kappa shape index (κ1) is 16.0. The Morgan fingerprint density at radius 1 is 1.33 bits per heavy atom. The van der Waals surface area contributed by atoms with Crippen molar-refractivity contribution in [1.29, 1.82) is 0 Å². The van der Waals surface area contributed by atoms with E-state index in [1.165, 1.54) is 19.3 Å². The first-order valence-corrected chi connectivity index (χ1v) is 8.04. The van der Waals surface area contributed by atoms with Crippen LogP contribution in [0.5, 0.6) is 5.75 Å². The fourth-order valence-corrected chi connectivity index (χ4v) is 2.75. The zero-order valence-electron chi connectivity index (χ0n) is 12.6. The maximum atomic E-state index is 6.06. The molecule has 0 atom stereocenters. The molecule has 0 saturated carbocycles. The van der Waals surface area contributed by atoms with Crippen LogP contribution in [0, 0.1) is 0 Å². The van der Waals surface area contributed by atoms with Gasteiger partial charge in [0.05, 0.1) is 6.61 Å². The molecule has 0 aliphatic carbocycles. The minimum atomic E-state index is 0.647. The largest absolute Gasteiger partial charge is 0.494 e. The van der Waals surface area contributed by atoms with E-state index < -0.39 is 0 Å². The second-order valence-electron chi connectivity index (χ2n) is 5.22. The Hall–Kier alpha value is -1.42. The summed E-state index contributed by atoms with van der Waals surface area (Å²) in [5, 5.41) is 0.724. The summed E-state index contributed by atoms with van der Waals surface area (Å²) in [4.78, 5) is 6.67. The molecule has 1 aliphatic heterocycles. The van der Waals surface area contributed by atoms with Gasteiger partial charge in [-0.3, -0.25) is 4.99 Å². The second kappa shape index (κ2) is 8.13. The summed E-state index contributed by atoms with van der Waals surface area (Å²) in [7, 11) is 0. The number of rotatable bonds is 5. The van der Waals surface area contributed by atoms with Crippen molar-refractivity contribution >= 4 is 17.6 Å². The normalized spacial score (nSPS) is 16.1. The lowest BCUT2D eigenvalue weighted by molar-refractivity contribution is 0.335. The number of ether oxygens (including phenoxy) is 1. The van der Waals surface area contributed by atoms with Crippen molar-refractivity contribution in [2.24, 2.45) is 10.7 Å². The summed E-state index contributed by atoms with van der Waals surface area (Å²) < 4.78 is 5.62. The maximum absolute atomic E-state index is 6.06. The van der Waals surface area contributed by atoms with Gasteiger partial charge in [0.2, 0.25) is 0 Å². The van der Waals surface area contributed by atoms with Gasteiger partial charge in [-0.2, -0.15) is 0 Å². The average Bonchev–Trinajstić information content (AvgIpc) is 2.51. The molecule has 4 nitrogen and oxygen atoms in total. The number of likely N-dealkylation sites (tertiary alicyclic amines) is 1. The monoisotopic (exact) mass is 309 g/mol. The minimum Gasteiger partial charge on any atom is -0.494 e. The van der Waals surface area contributed by atoms with Crippen molar-refractivity contribution < 1.29 is 4.74 Å². The summed E-state index contributed by atoms with van der Waals surface area (Å²) in [5.41, 5.74) is 7.14. The highest BCUT2D eigenvalue weighted by Crippen LogP contribution is 2.23. The molecule has 0 aromatic heterocycles. The van der Waals surface area contributed by atoms with E-state index in [0.717, 1.165) is 35.8 Å². The summed E-state index contributed by atoms with van der Waals surface area (Å²) in [6, 6.07) is 5.71. The fraction of sp³-hybridized carbons (Fsp3) is 0.562. The number of nitrogens with zero attached hydrogens (tertiary/aromatic N) is 2. The third-order valence-electron chi connectivity index (χ3n) is 3.66. The van der Waals surface area contributed by atoms with Gasteiger partial charge in [0.25, 0.3) is 0 Å². The zero-order valence-corrected chi connectivity index (χ0v) is 13.4. The molecule has 0 radical (unpaired) electrons. The number of guanidine groups is 1. The molecule has 1 saturated heterocycles. The second-order valence-corrected chi connectivity index (χ2v) is 5.66. The van der Waals surface area contributed by atoms with E-state index >= 15 is 0 Å². The van der Waals surface area contributed by atoms with Crippen LogP contribution in [0.25, 0.3) is 0 Å². The first-order valence-electron chi connectivity index (χ1n) is 7.67. The van der Waals surface area contributed by atoms with Gasteiger partial charge in [0.1, 0.15) is 5.75 Å². The average molecular weight is 310 g/mol. The van der Waals surface area contributed by atoms with Gasteiger partial charge in [-0.15, -0.1) is 0 Å². The maximum Gasteiger partial charge on any atom is 0.191 e. The highest BCUT2D eigenvalue weighted by Gasteiger charge is 2.11. The molecular formula is C16H24ClN3O. The first-order chi connectivity index (χ1) is 10.2. The number of aliphatic imine (C=N–C) groups is 1. The summed E-state index contributed by atoms with van der Waals surface area (Å²) in [6.07, 6.45) is 4.49. The van der Waals surface area contributed by atoms with Gasteiger partial charge in [-0.25, -0.2) is 0 Å². The lowest BCUT2D eigenvalue weighted by Crippen LogP contribution is -2.41. The number of hydrogen-bond acceptors (Lipinski definition) is 2. The van der Waals surface area contributed by atoms with E-state index in [-0.39, 0.29) is 0 Å². The quantitative estimate of drug-likeness (QED) is 0.672. The standard InChI is InChI=1S/C16H24ClN3O/c1-2-21-15-7-6-14(17)12-13(15)8-9-19-16(18)20-10-4-3-5-11-20/h6-7,12H,2-5,8-11H2,1H3,(H2,18,19). The Morgan fingerprint density at radius 3 is 2.81 bits per heavy atom. The predicted molar refractivity (Wildman–Crippen MR) is 88.2 cm³/mol. The predicted octanol–water partition coefficient (Wildman–Crippen LogP) is 3.08. The Morgan fingerprint density at radius 2 is 2.10 bits per heavy atom. The van der Waals surface area contributed by atoms with Crippen LogP contribution in [0.15, 0.2) is 23.2 Å². The van der Waals surface area contributed by atoms with Crippen molar-refractivity contribution in [3.05, 3.63) is 28.8 Å². The number of piperidine rings is 1. The number of nitrogens with two attached hydrogens (primary N) is 1. The van der Waals surface area contributed by atoms with Crippen LogP contribution in [0.1, 0.15) is 31.7 Å². The van der Waals surface area contributed by atoms with Crippen molar-refractivity contribution in [1.82, 2.24) is 4.90 Å². The van der Waals surface area contributed by atoms with Gasteiger partial charge >= 0.3 is 0 Å². The molecule has 0 unspecified atom stereocenters. The molecule has 0 spiro atoms. The van der Waals surface area contributed by atoms with Gasteiger partial charge < -0.3 is 15.4 Å². The highest BCUT2D eigenvalue weighted by atomic mass is 35.5. The van der Waals surface area contributed by atoms with Crippen LogP contribution >= 0.6 is 11.6 Å². The number of hydrogen-bond donors (Lipinski definition) is 1. The van der Waals surface area contributed by atoms with E-state index in [9.17, 15) is 0 Å². The Labute approximate surface area is 131 Å². The molecule has 1 fully saturated rings. The van der Waals surface area contributed by atoms with E-state index in [0.29, 0.717) is 19.1 Å². The summed E-state index contributed by atoms with van der Waals surface area (Å²) >= 11 is 6.06. The Balaban J connectivity index is 1.94. The molecule has 116 valence electrons. The van der Waals surface area contributed by atoms with Gasteiger partial charge in [0.15, 0.2) is 5.96 Å². The van der Waals surface area contributed by atoms with Crippen LogP contribution in [0.2, 0.25) is 5.02 Å². The van der Waals surface area contributed by atoms with Crippen molar-refractivity contribution in [3.63, 3.8) is 0 Å². The van der Waals surface area contributed by atoms with Crippen LogP contribution in [0.4, 0.5) is 0 Å². The van der Waals surface area contributed by atoms with Crippen LogP contribution in [-0.4, -0.2) is 37.1 Å². The smallest absolute Gasteiger partial charge is 0.191 e. The van der Waals surface area contributed by atoms with Crippen molar-refractivity contribution in [2.75, 3.05) is 26.2 Å². The van der Waals surface area contributed by atoms with Gasteiger partial charge in [0, 0.05) is 24.7 Å². The molecule has 0 bridgehead atoms. The van der Waals surface area contributed by atoms with Gasteiger partial charge in [-0.05, 0) is 56.4 Å². The van der Waals surface area contributed by atoms with Crippen LogP contribution in [0.3, 0.4) is 0 Å². The lowest BCUT2D eigenvalue weighted by atomic mass is 10.1. The molecule has 2 rings (SSSR count).